The SMILES string of the molecule is Cc1cc(C(=O)O)nc(NCC2CCC(O)CC2)n1. The Kier molecular flexibility index (Phi) is 4.31. The lowest BCUT2D eigenvalue weighted by molar-refractivity contribution is 0.0690. The van der Waals surface area contributed by atoms with E-state index >= 15 is 0 Å². The van der Waals surface area contributed by atoms with Crippen molar-refractivity contribution >= 4 is 11.9 Å². The average molecular weight is 265 g/mol. The van der Waals surface area contributed by atoms with Crippen molar-refractivity contribution < 1.29 is 15.0 Å². The molecule has 1 heterocycles. The molecule has 3 N–H and O–H groups in total. The predicted molar refractivity (Wildman–Crippen MR) is 70.2 cm³/mol. The molecule has 1 aromatic heterocycles. The van der Waals surface area contributed by atoms with Crippen molar-refractivity contribution in [2.45, 2.75) is 38.7 Å². The summed E-state index contributed by atoms with van der Waals surface area (Å²) in [6.45, 7) is 2.46. The highest BCUT2D eigenvalue weighted by Gasteiger charge is 2.19. The lowest BCUT2D eigenvalue weighted by Gasteiger charge is -2.25. The highest BCUT2D eigenvalue weighted by Crippen LogP contribution is 2.24. The number of anilines is 1. The molecule has 1 fully saturated rings. The highest BCUT2D eigenvalue weighted by atomic mass is 16.4. The number of nitrogens with zero attached hydrogens (tertiary/aromatic N) is 2. The van der Waals surface area contributed by atoms with E-state index in [-0.39, 0.29) is 11.8 Å². The molecule has 6 heteroatoms. The fourth-order valence-corrected chi connectivity index (χ4v) is 2.34. The van der Waals surface area contributed by atoms with Gasteiger partial charge in [0, 0.05) is 12.2 Å². The van der Waals surface area contributed by atoms with Crippen LogP contribution in [-0.2, 0) is 0 Å². The Morgan fingerprint density at radius 1 is 1.37 bits per heavy atom. The number of aliphatic hydroxyl groups excluding tert-OH is 1. The summed E-state index contributed by atoms with van der Waals surface area (Å²) in [5, 5.41) is 21.5. The molecule has 1 aliphatic rings. The van der Waals surface area contributed by atoms with Gasteiger partial charge in [0.05, 0.1) is 6.10 Å². The number of aryl methyl sites for hydroxylation is 1. The van der Waals surface area contributed by atoms with E-state index in [9.17, 15) is 9.90 Å². The quantitative estimate of drug-likeness (QED) is 0.762. The molecule has 1 aromatic rings. The number of carboxylic acid groups (broad SMARTS) is 1. The summed E-state index contributed by atoms with van der Waals surface area (Å²) >= 11 is 0. The largest absolute Gasteiger partial charge is 0.477 e. The molecule has 0 bridgehead atoms. The van der Waals surface area contributed by atoms with Gasteiger partial charge in [-0.25, -0.2) is 14.8 Å². The molecule has 0 saturated heterocycles. The van der Waals surface area contributed by atoms with E-state index in [1.165, 1.54) is 6.07 Å². The third-order valence-corrected chi connectivity index (χ3v) is 3.44. The maximum Gasteiger partial charge on any atom is 0.354 e. The number of carboxylic acids is 1. The Hall–Kier alpha value is -1.69. The number of carbonyl (C=O) groups is 1. The molecule has 0 spiro atoms. The number of nitrogens with one attached hydrogen (secondary N) is 1. The normalized spacial score (nSPS) is 23.1. The van der Waals surface area contributed by atoms with Crippen molar-refractivity contribution in [3.63, 3.8) is 0 Å². The second kappa shape index (κ2) is 5.97. The van der Waals surface area contributed by atoms with E-state index in [0.29, 0.717) is 17.6 Å². The summed E-state index contributed by atoms with van der Waals surface area (Å²) < 4.78 is 0. The van der Waals surface area contributed by atoms with Crippen LogP contribution >= 0.6 is 0 Å². The van der Waals surface area contributed by atoms with E-state index in [2.05, 4.69) is 15.3 Å². The predicted octanol–water partition coefficient (Wildman–Crippen LogP) is 1.45. The molecular formula is C13H19N3O3. The van der Waals surface area contributed by atoms with Crippen LogP contribution in [0, 0.1) is 12.8 Å². The van der Waals surface area contributed by atoms with E-state index in [1.54, 1.807) is 6.92 Å². The van der Waals surface area contributed by atoms with Crippen LogP contribution in [-0.4, -0.2) is 38.8 Å². The first-order valence-electron chi connectivity index (χ1n) is 6.55. The van der Waals surface area contributed by atoms with Gasteiger partial charge in [0.15, 0.2) is 5.69 Å². The topological polar surface area (TPSA) is 95.3 Å². The highest BCUT2D eigenvalue weighted by molar-refractivity contribution is 5.85. The Bertz CT molecular complexity index is 456. The van der Waals surface area contributed by atoms with Crippen molar-refractivity contribution in [3.8, 4) is 0 Å². The molecule has 0 unspecified atom stereocenters. The Morgan fingerprint density at radius 3 is 2.68 bits per heavy atom. The molecule has 1 saturated carbocycles. The number of aromatic nitrogens is 2. The van der Waals surface area contributed by atoms with Crippen molar-refractivity contribution in [2.75, 3.05) is 11.9 Å². The molecule has 0 atom stereocenters. The average Bonchev–Trinajstić information content (AvgIpc) is 2.37. The van der Waals surface area contributed by atoms with Crippen molar-refractivity contribution in [1.82, 2.24) is 9.97 Å². The Balaban J connectivity index is 1.94. The summed E-state index contributed by atoms with van der Waals surface area (Å²) in [4.78, 5) is 19.0. The van der Waals surface area contributed by atoms with Gasteiger partial charge in [-0.05, 0) is 44.6 Å². The first-order chi connectivity index (χ1) is 9.04. The van der Waals surface area contributed by atoms with Crippen LogP contribution in [0.5, 0.6) is 0 Å². The molecule has 0 aromatic carbocycles. The summed E-state index contributed by atoms with van der Waals surface area (Å²) in [7, 11) is 0. The fourth-order valence-electron chi connectivity index (χ4n) is 2.34. The number of rotatable bonds is 4. The van der Waals surface area contributed by atoms with E-state index in [4.69, 9.17) is 5.11 Å². The first-order valence-corrected chi connectivity index (χ1v) is 6.55. The summed E-state index contributed by atoms with van der Waals surface area (Å²) in [6.07, 6.45) is 3.46. The zero-order chi connectivity index (χ0) is 13.8. The zero-order valence-electron chi connectivity index (χ0n) is 11.0. The van der Waals surface area contributed by atoms with E-state index in [0.717, 1.165) is 32.2 Å². The smallest absolute Gasteiger partial charge is 0.354 e. The van der Waals surface area contributed by atoms with Crippen LogP contribution in [0.1, 0.15) is 41.9 Å². The standard InChI is InChI=1S/C13H19N3O3/c1-8-6-11(12(18)19)16-13(15-8)14-7-9-2-4-10(17)5-3-9/h6,9-10,17H,2-5,7H2,1H3,(H,18,19)(H,14,15,16). The molecule has 0 radical (unpaired) electrons. The zero-order valence-corrected chi connectivity index (χ0v) is 11.0. The van der Waals surface area contributed by atoms with Crippen molar-refractivity contribution in [1.29, 1.82) is 0 Å². The monoisotopic (exact) mass is 265 g/mol. The van der Waals surface area contributed by atoms with Gasteiger partial charge in [-0.3, -0.25) is 0 Å². The van der Waals surface area contributed by atoms with Gasteiger partial charge in [-0.1, -0.05) is 0 Å². The molecule has 0 amide bonds. The van der Waals surface area contributed by atoms with Gasteiger partial charge in [0.1, 0.15) is 0 Å². The van der Waals surface area contributed by atoms with Gasteiger partial charge in [0.2, 0.25) is 5.95 Å². The van der Waals surface area contributed by atoms with Crippen LogP contribution < -0.4 is 5.32 Å². The molecular weight excluding hydrogens is 246 g/mol. The van der Waals surface area contributed by atoms with Crippen LogP contribution in [0.4, 0.5) is 5.95 Å². The van der Waals surface area contributed by atoms with Crippen molar-refractivity contribution in [2.24, 2.45) is 5.92 Å². The van der Waals surface area contributed by atoms with Gasteiger partial charge >= 0.3 is 5.97 Å². The minimum atomic E-state index is -1.05. The Labute approximate surface area is 111 Å². The second-order valence-electron chi connectivity index (χ2n) is 5.08. The maximum absolute atomic E-state index is 10.9. The maximum atomic E-state index is 10.9. The first kappa shape index (κ1) is 13.7. The fraction of sp³-hybridized carbons (Fsp3) is 0.615. The van der Waals surface area contributed by atoms with Gasteiger partial charge in [0.25, 0.3) is 0 Å². The Morgan fingerprint density at radius 2 is 2.05 bits per heavy atom. The summed E-state index contributed by atoms with van der Waals surface area (Å²) in [6, 6.07) is 1.45. The number of aliphatic hydroxyl groups is 1. The van der Waals surface area contributed by atoms with Gasteiger partial charge < -0.3 is 15.5 Å². The molecule has 0 aliphatic heterocycles. The summed E-state index contributed by atoms with van der Waals surface area (Å²) in [5.74, 6) is -0.196. The molecule has 104 valence electrons. The minimum Gasteiger partial charge on any atom is -0.477 e. The van der Waals surface area contributed by atoms with Gasteiger partial charge in [-0.2, -0.15) is 0 Å². The molecule has 1 aliphatic carbocycles. The number of hydrogen-bond acceptors (Lipinski definition) is 5. The summed E-state index contributed by atoms with van der Waals surface area (Å²) in [5.41, 5.74) is 0.642. The number of aromatic carboxylic acids is 1. The lowest BCUT2D eigenvalue weighted by Crippen LogP contribution is -2.24. The van der Waals surface area contributed by atoms with Gasteiger partial charge in [-0.15, -0.1) is 0 Å². The minimum absolute atomic E-state index is 0.00839. The van der Waals surface area contributed by atoms with Crippen LogP contribution in [0.15, 0.2) is 6.07 Å². The van der Waals surface area contributed by atoms with Crippen LogP contribution in [0.3, 0.4) is 0 Å². The number of hydrogen-bond donors (Lipinski definition) is 3. The van der Waals surface area contributed by atoms with Crippen LogP contribution in [0.2, 0.25) is 0 Å². The molecule has 2 rings (SSSR count). The third kappa shape index (κ3) is 3.89. The van der Waals surface area contributed by atoms with E-state index < -0.39 is 5.97 Å². The van der Waals surface area contributed by atoms with Crippen molar-refractivity contribution in [3.05, 3.63) is 17.5 Å². The lowest BCUT2D eigenvalue weighted by atomic mass is 9.87. The molecule has 6 nitrogen and oxygen atoms in total. The molecule has 19 heavy (non-hydrogen) atoms. The second-order valence-corrected chi connectivity index (χ2v) is 5.08. The third-order valence-electron chi connectivity index (χ3n) is 3.44. The van der Waals surface area contributed by atoms with Crippen LogP contribution in [0.25, 0.3) is 0 Å². The van der Waals surface area contributed by atoms with E-state index in [1.807, 2.05) is 0 Å².